The summed E-state index contributed by atoms with van der Waals surface area (Å²) in [6, 6.07) is 16.1. The fourth-order valence-corrected chi connectivity index (χ4v) is 3.00. The molecule has 0 aliphatic heterocycles. The Morgan fingerprint density at radius 2 is 1.87 bits per heavy atom. The number of hydrogen-bond acceptors (Lipinski definition) is 2. The Morgan fingerprint density at radius 3 is 2.57 bits per heavy atom. The Kier molecular flexibility index (Phi) is 6.81. The van der Waals surface area contributed by atoms with Gasteiger partial charge < -0.3 is 10.1 Å². The maximum atomic E-state index is 12.1. The molecular weight excluding hydrogens is 354 g/mol. The Labute approximate surface area is 146 Å². The molecule has 23 heavy (non-hydrogen) atoms. The lowest BCUT2D eigenvalue weighted by Crippen LogP contribution is -2.29. The summed E-state index contributed by atoms with van der Waals surface area (Å²) < 4.78 is 6.57. The second-order valence-corrected chi connectivity index (χ2v) is 6.33. The summed E-state index contributed by atoms with van der Waals surface area (Å²) in [5.74, 6) is 0.0383. The van der Waals surface area contributed by atoms with Crippen LogP contribution in [-0.4, -0.2) is 19.6 Å². The highest BCUT2D eigenvalue weighted by atomic mass is 79.9. The quantitative estimate of drug-likeness (QED) is 0.787. The number of carbonyl (C=O) groups excluding carboxylic acids is 1. The molecule has 2 aromatic rings. The van der Waals surface area contributed by atoms with Gasteiger partial charge in [0.2, 0.25) is 5.91 Å². The third-order valence-corrected chi connectivity index (χ3v) is 4.66. The molecule has 1 unspecified atom stereocenters. The normalized spacial score (nSPS) is 12.0. The molecule has 1 amide bonds. The molecule has 122 valence electrons. The van der Waals surface area contributed by atoms with Gasteiger partial charge in [-0.2, -0.15) is 0 Å². The lowest BCUT2D eigenvalue weighted by atomic mass is 10.0. The predicted molar refractivity (Wildman–Crippen MR) is 96.4 cm³/mol. The first-order chi connectivity index (χ1) is 11.1. The molecule has 0 saturated carbocycles. The number of aryl methyl sites for hydroxylation is 2. The largest absolute Gasteiger partial charge is 0.375 e. The predicted octanol–water partition coefficient (Wildman–Crippen LogP) is 4.19. The van der Waals surface area contributed by atoms with E-state index in [1.807, 2.05) is 42.5 Å². The van der Waals surface area contributed by atoms with Crippen LogP contribution in [0.1, 0.15) is 29.2 Å². The summed E-state index contributed by atoms with van der Waals surface area (Å²) in [6.07, 6.45) is 1.06. The summed E-state index contributed by atoms with van der Waals surface area (Å²) in [6.45, 7) is 2.53. The number of nitrogens with one attached hydrogen (secondary N) is 1. The molecule has 0 heterocycles. The van der Waals surface area contributed by atoms with E-state index in [4.69, 9.17) is 4.74 Å². The molecule has 0 saturated heterocycles. The van der Waals surface area contributed by atoms with Gasteiger partial charge in [0.05, 0.1) is 6.10 Å². The van der Waals surface area contributed by atoms with Gasteiger partial charge in [0.15, 0.2) is 0 Å². The summed E-state index contributed by atoms with van der Waals surface area (Å²) in [7, 11) is 1.67. The van der Waals surface area contributed by atoms with E-state index in [1.165, 1.54) is 5.56 Å². The van der Waals surface area contributed by atoms with E-state index in [-0.39, 0.29) is 12.0 Å². The van der Waals surface area contributed by atoms with Crippen LogP contribution in [0.4, 0.5) is 0 Å². The van der Waals surface area contributed by atoms with Gasteiger partial charge in [0.25, 0.3) is 0 Å². The van der Waals surface area contributed by atoms with E-state index in [1.54, 1.807) is 7.11 Å². The van der Waals surface area contributed by atoms with Gasteiger partial charge in [0, 0.05) is 24.5 Å². The van der Waals surface area contributed by atoms with Crippen LogP contribution in [0.5, 0.6) is 0 Å². The topological polar surface area (TPSA) is 38.3 Å². The monoisotopic (exact) mass is 375 g/mol. The molecule has 0 spiro atoms. The molecule has 0 fully saturated rings. The molecule has 2 aromatic carbocycles. The van der Waals surface area contributed by atoms with Crippen LogP contribution in [0.2, 0.25) is 0 Å². The highest BCUT2D eigenvalue weighted by Crippen LogP contribution is 2.20. The van der Waals surface area contributed by atoms with Crippen molar-refractivity contribution in [3.8, 4) is 0 Å². The molecule has 0 bridgehead atoms. The van der Waals surface area contributed by atoms with Crippen molar-refractivity contribution in [2.75, 3.05) is 13.7 Å². The molecule has 0 aromatic heterocycles. The maximum absolute atomic E-state index is 12.1. The fourth-order valence-electron chi connectivity index (χ4n) is 2.51. The molecule has 0 radical (unpaired) electrons. The smallest absolute Gasteiger partial charge is 0.220 e. The Bertz CT molecular complexity index is 657. The van der Waals surface area contributed by atoms with E-state index >= 15 is 0 Å². The number of rotatable bonds is 7. The minimum atomic E-state index is -0.122. The highest BCUT2D eigenvalue weighted by molar-refractivity contribution is 9.10. The Hall–Kier alpha value is -1.65. The first-order valence-corrected chi connectivity index (χ1v) is 8.49. The molecule has 0 aliphatic carbocycles. The van der Waals surface area contributed by atoms with Gasteiger partial charge >= 0.3 is 0 Å². The summed E-state index contributed by atoms with van der Waals surface area (Å²) >= 11 is 3.51. The number of carbonyl (C=O) groups is 1. The van der Waals surface area contributed by atoms with E-state index in [9.17, 15) is 4.79 Å². The zero-order valence-electron chi connectivity index (χ0n) is 13.5. The van der Waals surface area contributed by atoms with Crippen molar-refractivity contribution >= 4 is 21.8 Å². The fraction of sp³-hybridized carbons (Fsp3) is 0.316. The number of ether oxygens (including phenoxy) is 1. The third-order valence-electron chi connectivity index (χ3n) is 3.88. The molecule has 1 atom stereocenters. The average molecular weight is 376 g/mol. The molecular formula is C19H22BrNO2. The maximum Gasteiger partial charge on any atom is 0.220 e. The van der Waals surface area contributed by atoms with E-state index in [2.05, 4.69) is 34.2 Å². The van der Waals surface area contributed by atoms with Gasteiger partial charge in [-0.1, -0.05) is 58.4 Å². The van der Waals surface area contributed by atoms with E-state index in [0.717, 1.165) is 22.0 Å². The molecule has 2 rings (SSSR count). The molecule has 3 nitrogen and oxygen atoms in total. The standard InChI is InChI=1S/C19H22BrNO2/c1-14-7-3-5-9-16(14)18(23-2)13-21-19(22)12-11-15-8-4-6-10-17(15)20/h3-10,18H,11-13H2,1-2H3,(H,21,22). The van der Waals surface area contributed by atoms with Gasteiger partial charge in [-0.15, -0.1) is 0 Å². The van der Waals surface area contributed by atoms with Gasteiger partial charge in [0.1, 0.15) is 0 Å². The zero-order valence-corrected chi connectivity index (χ0v) is 15.1. The van der Waals surface area contributed by atoms with Gasteiger partial charge in [-0.05, 0) is 36.1 Å². The van der Waals surface area contributed by atoms with Crippen LogP contribution < -0.4 is 5.32 Å². The highest BCUT2D eigenvalue weighted by Gasteiger charge is 2.14. The number of benzene rings is 2. The van der Waals surface area contributed by atoms with Gasteiger partial charge in [-0.3, -0.25) is 4.79 Å². The lowest BCUT2D eigenvalue weighted by Gasteiger charge is -2.18. The van der Waals surface area contributed by atoms with Crippen LogP contribution in [0.3, 0.4) is 0 Å². The molecule has 4 heteroatoms. The minimum Gasteiger partial charge on any atom is -0.375 e. The van der Waals surface area contributed by atoms with Crippen molar-refractivity contribution in [3.63, 3.8) is 0 Å². The van der Waals surface area contributed by atoms with Crippen molar-refractivity contribution in [2.45, 2.75) is 25.9 Å². The number of amides is 1. The van der Waals surface area contributed by atoms with Crippen LogP contribution in [-0.2, 0) is 16.0 Å². The van der Waals surface area contributed by atoms with E-state index in [0.29, 0.717) is 13.0 Å². The van der Waals surface area contributed by atoms with Crippen molar-refractivity contribution < 1.29 is 9.53 Å². The number of halogens is 1. The van der Waals surface area contributed by atoms with Crippen LogP contribution in [0, 0.1) is 6.92 Å². The lowest BCUT2D eigenvalue weighted by molar-refractivity contribution is -0.121. The van der Waals surface area contributed by atoms with Crippen molar-refractivity contribution in [1.82, 2.24) is 5.32 Å². The second kappa shape index (κ2) is 8.85. The van der Waals surface area contributed by atoms with E-state index < -0.39 is 0 Å². The zero-order chi connectivity index (χ0) is 16.7. The summed E-state index contributed by atoms with van der Waals surface area (Å²) in [5.41, 5.74) is 3.42. The Morgan fingerprint density at radius 1 is 1.17 bits per heavy atom. The van der Waals surface area contributed by atoms with Crippen molar-refractivity contribution in [2.24, 2.45) is 0 Å². The Balaban J connectivity index is 1.86. The second-order valence-electron chi connectivity index (χ2n) is 5.48. The number of methoxy groups -OCH3 is 1. The van der Waals surface area contributed by atoms with Crippen molar-refractivity contribution in [3.05, 3.63) is 69.7 Å². The van der Waals surface area contributed by atoms with Gasteiger partial charge in [-0.25, -0.2) is 0 Å². The first-order valence-electron chi connectivity index (χ1n) is 7.70. The molecule has 0 aliphatic rings. The first kappa shape index (κ1) is 17.7. The van der Waals surface area contributed by atoms with Crippen molar-refractivity contribution in [1.29, 1.82) is 0 Å². The number of hydrogen-bond donors (Lipinski definition) is 1. The molecule has 1 N–H and O–H groups in total. The third kappa shape index (κ3) is 5.19. The summed E-state index contributed by atoms with van der Waals surface area (Å²) in [5, 5.41) is 2.97. The summed E-state index contributed by atoms with van der Waals surface area (Å²) in [4.78, 5) is 12.1. The van der Waals surface area contributed by atoms with Crippen LogP contribution in [0.25, 0.3) is 0 Å². The SMILES string of the molecule is COC(CNC(=O)CCc1ccccc1Br)c1ccccc1C. The van der Waals surface area contributed by atoms with Crippen LogP contribution >= 0.6 is 15.9 Å². The minimum absolute atomic E-state index is 0.0383. The average Bonchev–Trinajstić information content (AvgIpc) is 2.56. The van der Waals surface area contributed by atoms with Crippen LogP contribution in [0.15, 0.2) is 53.0 Å².